The first-order chi connectivity index (χ1) is 15.4. The van der Waals surface area contributed by atoms with E-state index in [1.54, 1.807) is 11.1 Å². The molecule has 4 rings (SSSR count). The largest absolute Gasteiger partial charge is 0.384 e. The number of likely N-dealkylation sites (tertiary alicyclic amines) is 1. The Hall–Kier alpha value is -3.81. The van der Waals surface area contributed by atoms with Crippen LogP contribution in [-0.2, 0) is 6.42 Å². The van der Waals surface area contributed by atoms with Gasteiger partial charge in [-0.3, -0.25) is 10.2 Å². The Morgan fingerprint density at radius 3 is 2.47 bits per heavy atom. The van der Waals surface area contributed by atoms with Crippen LogP contribution in [-0.4, -0.2) is 47.3 Å². The second kappa shape index (κ2) is 9.13. The van der Waals surface area contributed by atoms with Gasteiger partial charge in [-0.15, -0.1) is 0 Å². The maximum Gasteiger partial charge on any atom is 0.314 e. The fourth-order valence-electron chi connectivity index (χ4n) is 4.31. The molecule has 0 aliphatic carbocycles. The van der Waals surface area contributed by atoms with E-state index in [1.165, 1.54) is 5.56 Å². The number of nitrogen functional groups attached to an aromatic ring is 1. The van der Waals surface area contributed by atoms with Crippen LogP contribution in [0.4, 0.5) is 4.79 Å². The van der Waals surface area contributed by atoms with E-state index in [2.05, 4.69) is 10.3 Å². The number of amidine groups is 1. The Labute approximate surface area is 186 Å². The maximum atomic E-state index is 12.5. The summed E-state index contributed by atoms with van der Waals surface area (Å²) in [6.07, 6.45) is 4.18. The van der Waals surface area contributed by atoms with Crippen molar-refractivity contribution in [1.29, 1.82) is 5.41 Å². The van der Waals surface area contributed by atoms with Crippen molar-refractivity contribution in [3.8, 4) is 0 Å². The number of H-pyrrole nitrogens is 1. The van der Waals surface area contributed by atoms with Gasteiger partial charge in [0.15, 0.2) is 0 Å². The number of hydrogen-bond acceptors (Lipinski definition) is 3. The molecule has 0 atom stereocenters. The molecule has 3 amide bonds. The van der Waals surface area contributed by atoms with Crippen molar-refractivity contribution in [2.45, 2.75) is 25.2 Å². The fourth-order valence-corrected chi connectivity index (χ4v) is 4.31. The third-order valence-electron chi connectivity index (χ3n) is 6.19. The number of nitrogens with one attached hydrogen (secondary N) is 3. The Morgan fingerprint density at radius 2 is 1.81 bits per heavy atom. The molecule has 1 fully saturated rings. The quantitative estimate of drug-likeness (QED) is 0.302. The zero-order valence-corrected chi connectivity index (χ0v) is 17.9. The first kappa shape index (κ1) is 21.4. The fraction of sp³-hybridized carbons (Fsp3) is 0.292. The highest BCUT2D eigenvalue weighted by atomic mass is 16.2. The molecule has 0 radical (unpaired) electrons. The van der Waals surface area contributed by atoms with Crippen LogP contribution in [0.2, 0.25) is 0 Å². The summed E-state index contributed by atoms with van der Waals surface area (Å²) in [5.74, 6) is 0.307. The average Bonchev–Trinajstić information content (AvgIpc) is 3.23. The summed E-state index contributed by atoms with van der Waals surface area (Å²) < 4.78 is 0. The molecule has 3 aromatic rings. The molecule has 32 heavy (non-hydrogen) atoms. The highest BCUT2D eigenvalue weighted by molar-refractivity contribution is 6.07. The van der Waals surface area contributed by atoms with Crippen molar-refractivity contribution in [3.05, 3.63) is 70.9 Å². The minimum absolute atomic E-state index is 0.0311. The molecule has 0 saturated carbocycles. The van der Waals surface area contributed by atoms with Gasteiger partial charge in [0.1, 0.15) is 5.84 Å². The predicted octanol–water partition coefficient (Wildman–Crippen LogP) is 2.68. The number of piperidine rings is 1. The number of nitrogens with two attached hydrogens (primary N) is 2. The Morgan fingerprint density at radius 1 is 1.09 bits per heavy atom. The second-order valence-corrected chi connectivity index (χ2v) is 8.22. The number of aromatic nitrogens is 1. The van der Waals surface area contributed by atoms with Crippen molar-refractivity contribution < 1.29 is 9.59 Å². The van der Waals surface area contributed by atoms with Gasteiger partial charge < -0.3 is 26.7 Å². The monoisotopic (exact) mass is 432 g/mol. The molecule has 166 valence electrons. The van der Waals surface area contributed by atoms with Crippen molar-refractivity contribution in [3.63, 3.8) is 0 Å². The van der Waals surface area contributed by atoms with Gasteiger partial charge in [0.25, 0.3) is 5.91 Å². The third kappa shape index (κ3) is 4.59. The lowest BCUT2D eigenvalue weighted by Gasteiger charge is -2.31. The Balaban J connectivity index is 1.31. The normalized spacial score (nSPS) is 14.4. The van der Waals surface area contributed by atoms with Gasteiger partial charge in [-0.25, -0.2) is 4.79 Å². The van der Waals surface area contributed by atoms with Gasteiger partial charge in [0.2, 0.25) is 0 Å². The third-order valence-corrected chi connectivity index (χ3v) is 6.19. The Kier molecular flexibility index (Phi) is 6.11. The number of carbonyl (C=O) groups is 2. The summed E-state index contributed by atoms with van der Waals surface area (Å²) in [6.45, 7) is 1.85. The summed E-state index contributed by atoms with van der Waals surface area (Å²) in [6, 6.07) is 13.3. The molecule has 8 nitrogen and oxygen atoms in total. The Bertz CT molecular complexity index is 1140. The molecule has 1 aliphatic heterocycles. The molecular weight excluding hydrogens is 404 g/mol. The molecule has 1 aliphatic rings. The molecule has 8 heteroatoms. The standard InChI is InChI=1S/C24H28N6O2/c25-22(26)20-14-29-21-6-1-15(13-19(20)21)7-10-28-23(31)18-4-2-16(3-5-18)17-8-11-30(12-9-17)24(27)32/h1-6,13-14,17,29H,7-12H2,(H3,25,26)(H2,27,32)(H,28,31). The lowest BCUT2D eigenvalue weighted by Crippen LogP contribution is -2.41. The van der Waals surface area contributed by atoms with Crippen LogP contribution in [0, 0.1) is 5.41 Å². The molecule has 0 spiro atoms. The van der Waals surface area contributed by atoms with E-state index in [0.29, 0.717) is 43.1 Å². The molecule has 2 heterocycles. The number of amides is 3. The van der Waals surface area contributed by atoms with E-state index in [1.807, 2.05) is 42.5 Å². The van der Waals surface area contributed by atoms with E-state index in [9.17, 15) is 9.59 Å². The molecule has 0 unspecified atom stereocenters. The topological polar surface area (TPSA) is 141 Å². The van der Waals surface area contributed by atoms with E-state index in [4.69, 9.17) is 16.9 Å². The maximum absolute atomic E-state index is 12.5. The number of fused-ring (bicyclic) bond motifs is 1. The highest BCUT2D eigenvalue weighted by Gasteiger charge is 2.22. The number of nitrogens with zero attached hydrogens (tertiary/aromatic N) is 1. The van der Waals surface area contributed by atoms with Gasteiger partial charge in [-0.1, -0.05) is 18.2 Å². The summed E-state index contributed by atoms with van der Waals surface area (Å²) in [4.78, 5) is 28.6. The summed E-state index contributed by atoms with van der Waals surface area (Å²) in [7, 11) is 0. The van der Waals surface area contributed by atoms with Crippen molar-refractivity contribution in [2.75, 3.05) is 19.6 Å². The zero-order chi connectivity index (χ0) is 22.7. The number of primary amides is 1. The molecule has 1 aromatic heterocycles. The lowest BCUT2D eigenvalue weighted by atomic mass is 9.89. The van der Waals surface area contributed by atoms with Crippen LogP contribution in [0.1, 0.15) is 45.8 Å². The summed E-state index contributed by atoms with van der Waals surface area (Å²) in [5, 5.41) is 11.6. The predicted molar refractivity (Wildman–Crippen MR) is 125 cm³/mol. The van der Waals surface area contributed by atoms with Crippen LogP contribution in [0.3, 0.4) is 0 Å². The number of urea groups is 1. The first-order valence-electron chi connectivity index (χ1n) is 10.8. The number of aromatic amines is 1. The van der Waals surface area contributed by atoms with Crippen LogP contribution >= 0.6 is 0 Å². The van der Waals surface area contributed by atoms with E-state index in [0.717, 1.165) is 29.3 Å². The number of rotatable bonds is 6. The molecule has 1 saturated heterocycles. The second-order valence-electron chi connectivity index (χ2n) is 8.22. The van der Waals surface area contributed by atoms with E-state index >= 15 is 0 Å². The van der Waals surface area contributed by atoms with Gasteiger partial charge >= 0.3 is 6.03 Å². The summed E-state index contributed by atoms with van der Waals surface area (Å²) in [5.41, 5.74) is 15.5. The zero-order valence-electron chi connectivity index (χ0n) is 17.9. The van der Waals surface area contributed by atoms with Crippen molar-refractivity contribution in [1.82, 2.24) is 15.2 Å². The lowest BCUT2D eigenvalue weighted by molar-refractivity contribution is 0.0954. The number of hydrogen-bond donors (Lipinski definition) is 5. The highest BCUT2D eigenvalue weighted by Crippen LogP contribution is 2.28. The van der Waals surface area contributed by atoms with Gasteiger partial charge in [-0.05, 0) is 60.6 Å². The van der Waals surface area contributed by atoms with Gasteiger partial charge in [0, 0.05) is 47.9 Å². The van der Waals surface area contributed by atoms with Crippen molar-refractivity contribution >= 4 is 28.7 Å². The summed E-state index contributed by atoms with van der Waals surface area (Å²) >= 11 is 0. The van der Waals surface area contributed by atoms with Crippen LogP contribution in [0.15, 0.2) is 48.7 Å². The van der Waals surface area contributed by atoms with Crippen molar-refractivity contribution in [2.24, 2.45) is 11.5 Å². The smallest absolute Gasteiger partial charge is 0.314 e. The number of benzene rings is 2. The van der Waals surface area contributed by atoms with Gasteiger partial charge in [0.05, 0.1) is 0 Å². The minimum Gasteiger partial charge on any atom is -0.384 e. The SMILES string of the molecule is N=C(N)c1c[nH]c2ccc(CCNC(=O)c3ccc(C4CCN(C(N)=O)CC4)cc3)cc12. The van der Waals surface area contributed by atoms with E-state index in [-0.39, 0.29) is 17.8 Å². The van der Waals surface area contributed by atoms with Crippen LogP contribution in [0.25, 0.3) is 10.9 Å². The van der Waals surface area contributed by atoms with Crippen LogP contribution in [0.5, 0.6) is 0 Å². The molecule has 7 N–H and O–H groups in total. The average molecular weight is 433 g/mol. The molecule has 0 bridgehead atoms. The number of carbonyl (C=O) groups excluding carboxylic acids is 2. The van der Waals surface area contributed by atoms with Gasteiger partial charge in [-0.2, -0.15) is 0 Å². The molecule has 2 aromatic carbocycles. The minimum atomic E-state index is -0.359. The van der Waals surface area contributed by atoms with Crippen LogP contribution < -0.4 is 16.8 Å². The van der Waals surface area contributed by atoms with E-state index < -0.39 is 0 Å². The first-order valence-corrected chi connectivity index (χ1v) is 10.8. The molecular formula is C24H28N6O2.